The summed E-state index contributed by atoms with van der Waals surface area (Å²) in [4.78, 5) is 30.7. The van der Waals surface area contributed by atoms with Gasteiger partial charge in [0.15, 0.2) is 0 Å². The van der Waals surface area contributed by atoms with Crippen LogP contribution >= 0.6 is 0 Å². The molecular weight excluding hydrogens is 668 g/mol. The van der Waals surface area contributed by atoms with E-state index in [9.17, 15) is 18.0 Å². The molecule has 0 saturated carbocycles. The van der Waals surface area contributed by atoms with Crippen LogP contribution < -0.4 is 36.3 Å². The number of alkyl halides is 3. The first-order valence-electron chi connectivity index (χ1n) is 13.3. The van der Waals surface area contributed by atoms with Crippen LogP contribution in [0.25, 0.3) is 11.4 Å². The number of aliphatic imine (C=N–C) groups is 1. The number of allylic oxidation sites excluding steroid dienone is 1. The topological polar surface area (TPSA) is 101 Å². The molecule has 2 atom stereocenters. The number of urea groups is 1. The van der Waals surface area contributed by atoms with Crippen LogP contribution in [0.2, 0.25) is 0 Å². The van der Waals surface area contributed by atoms with Gasteiger partial charge in [0.2, 0.25) is 0 Å². The number of rotatable bonds is 7. The van der Waals surface area contributed by atoms with Crippen molar-refractivity contribution >= 4 is 21.4 Å². The zero-order valence-corrected chi connectivity index (χ0v) is 25.5. The number of anilines is 2. The van der Waals surface area contributed by atoms with E-state index >= 15 is 0 Å². The summed E-state index contributed by atoms with van der Waals surface area (Å²) in [5.74, 6) is 0.342. The van der Waals surface area contributed by atoms with Gasteiger partial charge in [-0.3, -0.25) is 0 Å². The van der Waals surface area contributed by atoms with Crippen molar-refractivity contribution in [1.29, 1.82) is 0 Å². The van der Waals surface area contributed by atoms with E-state index in [1.54, 1.807) is 22.1 Å². The molecule has 3 aliphatic rings. The van der Waals surface area contributed by atoms with Crippen LogP contribution in [0.3, 0.4) is 0 Å². The molecule has 14 heteroatoms. The van der Waals surface area contributed by atoms with Gasteiger partial charge in [-0.1, -0.05) is 0 Å². The van der Waals surface area contributed by atoms with Gasteiger partial charge in [-0.25, -0.2) is 0 Å². The van der Waals surface area contributed by atoms with Gasteiger partial charge in [-0.15, -0.1) is 0 Å². The molecule has 2 aromatic rings. The molecule has 226 valence electrons. The van der Waals surface area contributed by atoms with Gasteiger partial charge >= 0.3 is 252 Å². The predicted octanol–water partition coefficient (Wildman–Crippen LogP) is 1.89. The number of benzene rings is 1. The van der Waals surface area contributed by atoms with Crippen LogP contribution in [-0.4, -0.2) is 64.1 Å². The van der Waals surface area contributed by atoms with Gasteiger partial charge < -0.3 is 0 Å². The summed E-state index contributed by atoms with van der Waals surface area (Å²) < 4.78 is 59.2. The van der Waals surface area contributed by atoms with E-state index in [1.807, 2.05) is 13.8 Å². The second-order valence-electron chi connectivity index (χ2n) is 10.4. The second kappa shape index (κ2) is 12.2. The molecule has 3 aliphatic heterocycles. The SMILES string of the molecule is C=C[I-]C(=N/C=C(\C)OC[C@@H]1COC(C)(C)O1)NC(=O)N1c2nc(-c3cccc(C(F)(F)F)c3)ncc2N2CC[C@H]1C2. The van der Waals surface area contributed by atoms with Crippen LogP contribution in [-0.2, 0) is 20.4 Å². The molecule has 5 rings (SSSR count). The average molecular weight is 699 g/mol. The number of fused-ring (bicyclic) bond motifs is 4. The Morgan fingerprint density at radius 2 is 2.19 bits per heavy atom. The van der Waals surface area contributed by atoms with Gasteiger partial charge in [0.05, 0.1) is 0 Å². The maximum absolute atomic E-state index is 13.7. The van der Waals surface area contributed by atoms with Gasteiger partial charge in [-0.2, -0.15) is 0 Å². The fourth-order valence-electron chi connectivity index (χ4n) is 4.91. The van der Waals surface area contributed by atoms with E-state index in [4.69, 9.17) is 14.2 Å². The van der Waals surface area contributed by atoms with E-state index < -0.39 is 44.8 Å². The Labute approximate surface area is 251 Å². The Morgan fingerprint density at radius 3 is 2.90 bits per heavy atom. The molecule has 2 bridgehead atoms. The van der Waals surface area contributed by atoms with E-state index in [1.165, 1.54) is 18.3 Å². The molecule has 0 spiro atoms. The van der Waals surface area contributed by atoms with Crippen LogP contribution in [0, 0.1) is 0 Å². The molecule has 1 aromatic carbocycles. The third-order valence-electron chi connectivity index (χ3n) is 6.83. The van der Waals surface area contributed by atoms with Crippen LogP contribution in [0.5, 0.6) is 0 Å². The third-order valence-corrected chi connectivity index (χ3v) is 8.41. The number of nitrogens with one attached hydrogen (secondary N) is 1. The minimum absolute atomic E-state index is 0.100. The van der Waals surface area contributed by atoms with Crippen LogP contribution in [0.1, 0.15) is 32.8 Å². The number of carbonyl (C=O) groups excluding carboxylic acids is 1. The Morgan fingerprint density at radius 1 is 1.38 bits per heavy atom. The molecule has 0 radical (unpaired) electrons. The fraction of sp³-hybridized carbons (Fsp3) is 0.429. The van der Waals surface area contributed by atoms with Crippen LogP contribution in [0.15, 0.2) is 58.1 Å². The van der Waals surface area contributed by atoms with E-state index in [-0.39, 0.29) is 23.5 Å². The number of aromatic nitrogens is 2. The van der Waals surface area contributed by atoms with Crippen molar-refractivity contribution in [3.05, 3.63) is 58.6 Å². The second-order valence-corrected chi connectivity index (χ2v) is 12.9. The van der Waals surface area contributed by atoms with Crippen molar-refractivity contribution in [3.8, 4) is 11.4 Å². The monoisotopic (exact) mass is 699 g/mol. The Kier molecular flexibility index (Phi) is 8.76. The van der Waals surface area contributed by atoms with Gasteiger partial charge in [0, 0.05) is 0 Å². The van der Waals surface area contributed by atoms with E-state index in [0.29, 0.717) is 53.8 Å². The minimum atomic E-state index is -4.50. The number of amides is 2. The molecule has 42 heavy (non-hydrogen) atoms. The standard InChI is InChI=1S/C28H31F3IN6O4/c1-5-32-25(34-12-17(2)40-15-21-16-41-27(3,4)42-21)36-26(39)38-20-9-10-37(14-20)22-13-33-23(35-24(22)38)18-7-6-8-19(11-18)28(29,30)31/h5-8,11-13,20-21H,1,9-10,14-16H2,2-4H3,(H,34,36,39)/q-1/b17-12+/t20-,21+/m0/s1. The van der Waals surface area contributed by atoms with Crippen molar-refractivity contribution in [1.82, 2.24) is 15.3 Å². The van der Waals surface area contributed by atoms with Gasteiger partial charge in [-0.05, 0) is 0 Å². The molecule has 2 fully saturated rings. The molecule has 2 amide bonds. The first kappa shape index (κ1) is 30.2. The molecule has 0 aliphatic carbocycles. The predicted molar refractivity (Wildman–Crippen MR) is 146 cm³/mol. The average Bonchev–Trinajstić information content (AvgIpc) is 3.53. The molecular formula is C28H31F3IN6O4-. The zero-order valence-electron chi connectivity index (χ0n) is 23.3. The maximum atomic E-state index is 13.7. The molecule has 10 nitrogen and oxygen atoms in total. The Bertz CT molecular complexity index is 1420. The zero-order chi connectivity index (χ0) is 30.1. The first-order valence-corrected chi connectivity index (χ1v) is 15.6. The van der Waals surface area contributed by atoms with Crippen molar-refractivity contribution in [2.24, 2.45) is 4.99 Å². The first-order chi connectivity index (χ1) is 19.9. The quantitative estimate of drug-likeness (QED) is 0.155. The third kappa shape index (κ3) is 6.86. The van der Waals surface area contributed by atoms with E-state index in [0.717, 1.165) is 12.1 Å². The van der Waals surface area contributed by atoms with Crippen molar-refractivity contribution in [3.63, 3.8) is 0 Å². The number of halogens is 4. The Balaban J connectivity index is 1.35. The number of hydrogen-bond acceptors (Lipinski definition) is 8. The van der Waals surface area contributed by atoms with Crippen molar-refractivity contribution in [2.45, 2.75) is 51.3 Å². The Hall–Kier alpha value is -3.24. The number of amidine groups is 1. The summed E-state index contributed by atoms with van der Waals surface area (Å²) in [7, 11) is 0. The number of hydrogen-bond donors (Lipinski definition) is 1. The molecule has 1 N–H and O–H groups in total. The summed E-state index contributed by atoms with van der Waals surface area (Å²) in [5, 5.41) is 2.91. The molecule has 1 aromatic heterocycles. The molecule has 0 unspecified atom stereocenters. The van der Waals surface area contributed by atoms with E-state index in [2.05, 4.69) is 31.8 Å². The van der Waals surface area contributed by atoms with Gasteiger partial charge in [0.25, 0.3) is 0 Å². The van der Waals surface area contributed by atoms with Crippen LogP contribution in [0.4, 0.5) is 29.5 Å². The summed E-state index contributed by atoms with van der Waals surface area (Å²) in [6, 6.07) is 4.24. The normalized spacial score (nSPS) is 21.9. The van der Waals surface area contributed by atoms with Gasteiger partial charge in [0.1, 0.15) is 0 Å². The van der Waals surface area contributed by atoms with Crippen molar-refractivity contribution < 1.29 is 53.4 Å². The number of nitrogens with zero attached hydrogens (tertiary/aromatic N) is 5. The summed E-state index contributed by atoms with van der Waals surface area (Å²) in [6.45, 7) is 11.3. The summed E-state index contributed by atoms with van der Waals surface area (Å²) >= 11 is -0.833. The summed E-state index contributed by atoms with van der Waals surface area (Å²) in [5.41, 5.74) is 0.0607. The number of carbonyl (C=O) groups is 1. The summed E-state index contributed by atoms with van der Waals surface area (Å²) in [6.07, 6.45) is -0.884. The van der Waals surface area contributed by atoms with Crippen molar-refractivity contribution in [2.75, 3.05) is 36.1 Å². The molecule has 2 saturated heterocycles. The number of ether oxygens (including phenoxy) is 3. The fourth-order valence-corrected chi connectivity index (χ4v) is 6.01. The molecule has 4 heterocycles.